The Morgan fingerprint density at radius 1 is 1.17 bits per heavy atom. The zero-order chi connectivity index (χ0) is 18.0. The minimum absolute atomic E-state index is 0.0939. The maximum absolute atomic E-state index is 12.1. The standard InChI is InChI=1S/C15H27NO7/c1-6-22-12(18)11(17)8-10(3)9-15(4,13(19)23-7-2)16-14(20)21-5/h10-11,17H,6-9H2,1-5H3,(H,16,20). The highest BCUT2D eigenvalue weighted by Crippen LogP contribution is 2.23. The number of carbonyl (C=O) groups is 3. The molecule has 0 saturated carbocycles. The summed E-state index contributed by atoms with van der Waals surface area (Å²) in [4.78, 5) is 35.0. The minimum Gasteiger partial charge on any atom is -0.464 e. The average Bonchev–Trinajstić information content (AvgIpc) is 2.47. The van der Waals surface area contributed by atoms with Crippen LogP contribution < -0.4 is 5.32 Å². The molecule has 8 nitrogen and oxygen atoms in total. The van der Waals surface area contributed by atoms with Gasteiger partial charge in [0.05, 0.1) is 20.3 Å². The summed E-state index contributed by atoms with van der Waals surface area (Å²) in [6.07, 6.45) is -1.79. The summed E-state index contributed by atoms with van der Waals surface area (Å²) in [5.74, 6) is -1.58. The quantitative estimate of drug-likeness (QED) is 0.478. The molecule has 0 heterocycles. The van der Waals surface area contributed by atoms with Crippen LogP contribution in [-0.2, 0) is 23.8 Å². The summed E-state index contributed by atoms with van der Waals surface area (Å²) in [7, 11) is 1.19. The fourth-order valence-electron chi connectivity index (χ4n) is 2.25. The molecule has 3 unspecified atom stereocenters. The summed E-state index contributed by atoms with van der Waals surface area (Å²) in [5, 5.41) is 12.2. The molecular formula is C15H27NO7. The van der Waals surface area contributed by atoms with Crippen LogP contribution in [0.4, 0.5) is 4.79 Å². The third-order valence-corrected chi connectivity index (χ3v) is 3.23. The van der Waals surface area contributed by atoms with Crippen LogP contribution in [0.25, 0.3) is 0 Å². The number of hydrogen-bond acceptors (Lipinski definition) is 7. The Bertz CT molecular complexity index is 413. The van der Waals surface area contributed by atoms with E-state index in [1.165, 1.54) is 14.0 Å². The van der Waals surface area contributed by atoms with Gasteiger partial charge in [0.15, 0.2) is 6.10 Å². The molecule has 0 radical (unpaired) electrons. The van der Waals surface area contributed by atoms with Crippen LogP contribution in [0.1, 0.15) is 40.5 Å². The van der Waals surface area contributed by atoms with Gasteiger partial charge >= 0.3 is 18.0 Å². The molecule has 0 aromatic rings. The van der Waals surface area contributed by atoms with Gasteiger partial charge in [-0.05, 0) is 39.5 Å². The summed E-state index contributed by atoms with van der Waals surface area (Å²) in [6.45, 7) is 6.90. The van der Waals surface area contributed by atoms with E-state index in [1.807, 2.05) is 0 Å². The van der Waals surface area contributed by atoms with Crippen molar-refractivity contribution in [3.63, 3.8) is 0 Å². The Hall–Kier alpha value is -1.83. The summed E-state index contributed by atoms with van der Waals surface area (Å²) >= 11 is 0. The number of amides is 1. The molecule has 0 aliphatic rings. The molecule has 23 heavy (non-hydrogen) atoms. The number of methoxy groups -OCH3 is 1. The summed E-state index contributed by atoms with van der Waals surface area (Å²) < 4.78 is 14.2. The zero-order valence-corrected chi connectivity index (χ0v) is 14.4. The van der Waals surface area contributed by atoms with E-state index in [-0.39, 0.29) is 32.0 Å². The topological polar surface area (TPSA) is 111 Å². The molecular weight excluding hydrogens is 306 g/mol. The zero-order valence-electron chi connectivity index (χ0n) is 14.4. The van der Waals surface area contributed by atoms with E-state index in [9.17, 15) is 19.5 Å². The molecule has 0 aliphatic carbocycles. The Kier molecular flexibility index (Phi) is 9.24. The molecule has 1 amide bonds. The first-order valence-electron chi connectivity index (χ1n) is 7.58. The maximum atomic E-state index is 12.1. The van der Waals surface area contributed by atoms with Crippen LogP contribution in [0.3, 0.4) is 0 Å². The van der Waals surface area contributed by atoms with Gasteiger partial charge in [-0.3, -0.25) is 0 Å². The fourth-order valence-corrected chi connectivity index (χ4v) is 2.25. The highest BCUT2D eigenvalue weighted by molar-refractivity contribution is 5.85. The van der Waals surface area contributed by atoms with E-state index in [4.69, 9.17) is 9.47 Å². The molecule has 0 aromatic carbocycles. The van der Waals surface area contributed by atoms with Gasteiger partial charge in [-0.15, -0.1) is 0 Å². The van der Waals surface area contributed by atoms with Crippen molar-refractivity contribution >= 4 is 18.0 Å². The Morgan fingerprint density at radius 2 is 1.74 bits per heavy atom. The van der Waals surface area contributed by atoms with Crippen molar-refractivity contribution < 1.29 is 33.7 Å². The van der Waals surface area contributed by atoms with Gasteiger partial charge in [0.25, 0.3) is 0 Å². The van der Waals surface area contributed by atoms with Gasteiger partial charge in [-0.25, -0.2) is 14.4 Å². The molecule has 0 rings (SSSR count). The van der Waals surface area contributed by atoms with Crippen molar-refractivity contribution in [2.45, 2.75) is 52.2 Å². The largest absolute Gasteiger partial charge is 0.464 e. The number of hydrogen-bond donors (Lipinski definition) is 2. The predicted octanol–water partition coefficient (Wildman–Crippen LogP) is 1.00. The van der Waals surface area contributed by atoms with Gasteiger partial charge in [0, 0.05) is 0 Å². The molecule has 0 spiro atoms. The SMILES string of the molecule is CCOC(=O)C(O)CC(C)CC(C)(NC(=O)OC)C(=O)OCC. The van der Waals surface area contributed by atoms with Crippen molar-refractivity contribution in [1.29, 1.82) is 0 Å². The number of rotatable bonds is 9. The van der Waals surface area contributed by atoms with Crippen molar-refractivity contribution in [2.24, 2.45) is 5.92 Å². The van der Waals surface area contributed by atoms with Crippen LogP contribution in [0.15, 0.2) is 0 Å². The van der Waals surface area contributed by atoms with Gasteiger partial charge in [0.1, 0.15) is 5.54 Å². The Morgan fingerprint density at radius 3 is 2.22 bits per heavy atom. The number of aliphatic hydroxyl groups excluding tert-OH is 1. The van der Waals surface area contributed by atoms with Gasteiger partial charge in [-0.1, -0.05) is 6.92 Å². The molecule has 3 atom stereocenters. The predicted molar refractivity (Wildman–Crippen MR) is 81.6 cm³/mol. The molecule has 0 bridgehead atoms. The second kappa shape index (κ2) is 10.0. The first kappa shape index (κ1) is 21.2. The number of esters is 2. The lowest BCUT2D eigenvalue weighted by molar-refractivity contribution is -0.154. The van der Waals surface area contributed by atoms with E-state index < -0.39 is 29.7 Å². The number of carbonyl (C=O) groups excluding carboxylic acids is 3. The number of nitrogens with one attached hydrogen (secondary N) is 1. The lowest BCUT2D eigenvalue weighted by Gasteiger charge is -2.30. The lowest BCUT2D eigenvalue weighted by Crippen LogP contribution is -2.54. The molecule has 0 saturated heterocycles. The first-order valence-corrected chi connectivity index (χ1v) is 7.58. The van der Waals surface area contributed by atoms with Crippen LogP contribution in [0.5, 0.6) is 0 Å². The van der Waals surface area contributed by atoms with E-state index in [0.717, 1.165) is 0 Å². The van der Waals surface area contributed by atoms with E-state index in [1.54, 1.807) is 20.8 Å². The Balaban J connectivity index is 4.90. The van der Waals surface area contributed by atoms with Crippen molar-refractivity contribution in [3.05, 3.63) is 0 Å². The lowest BCUT2D eigenvalue weighted by atomic mass is 9.87. The maximum Gasteiger partial charge on any atom is 0.407 e. The van der Waals surface area contributed by atoms with Crippen LogP contribution in [0.2, 0.25) is 0 Å². The van der Waals surface area contributed by atoms with Crippen LogP contribution in [-0.4, -0.2) is 55.1 Å². The van der Waals surface area contributed by atoms with E-state index in [2.05, 4.69) is 10.1 Å². The van der Waals surface area contributed by atoms with Crippen molar-refractivity contribution in [1.82, 2.24) is 5.32 Å². The highest BCUT2D eigenvalue weighted by atomic mass is 16.6. The smallest absolute Gasteiger partial charge is 0.407 e. The molecule has 0 aliphatic heterocycles. The third kappa shape index (κ3) is 7.32. The third-order valence-electron chi connectivity index (χ3n) is 3.23. The second-order valence-corrected chi connectivity index (χ2v) is 5.48. The molecule has 134 valence electrons. The number of aliphatic hydroxyl groups is 1. The van der Waals surface area contributed by atoms with Gasteiger partial charge in [0.2, 0.25) is 0 Å². The highest BCUT2D eigenvalue weighted by Gasteiger charge is 2.39. The molecule has 0 aromatic heterocycles. The van der Waals surface area contributed by atoms with Crippen LogP contribution >= 0.6 is 0 Å². The number of ether oxygens (including phenoxy) is 3. The normalized spacial score (nSPS) is 15.7. The monoisotopic (exact) mass is 333 g/mol. The Labute approximate surface area is 136 Å². The molecule has 0 fully saturated rings. The van der Waals surface area contributed by atoms with Gasteiger partial charge in [-0.2, -0.15) is 0 Å². The van der Waals surface area contributed by atoms with Crippen molar-refractivity contribution in [3.8, 4) is 0 Å². The number of alkyl carbamates (subject to hydrolysis) is 1. The second-order valence-electron chi connectivity index (χ2n) is 5.48. The molecule has 2 N–H and O–H groups in total. The fraction of sp³-hybridized carbons (Fsp3) is 0.800. The van der Waals surface area contributed by atoms with E-state index in [0.29, 0.717) is 0 Å². The summed E-state index contributed by atoms with van der Waals surface area (Å²) in [6, 6.07) is 0. The van der Waals surface area contributed by atoms with Gasteiger partial charge < -0.3 is 24.6 Å². The molecule has 8 heteroatoms. The summed E-state index contributed by atoms with van der Waals surface area (Å²) in [5.41, 5.74) is -1.32. The van der Waals surface area contributed by atoms with E-state index >= 15 is 0 Å². The minimum atomic E-state index is -1.32. The van der Waals surface area contributed by atoms with Crippen molar-refractivity contribution in [2.75, 3.05) is 20.3 Å². The van der Waals surface area contributed by atoms with Crippen LogP contribution in [0, 0.1) is 5.92 Å². The average molecular weight is 333 g/mol. The first-order chi connectivity index (χ1) is 10.7.